The fourth-order valence-corrected chi connectivity index (χ4v) is 2.77. The van der Waals surface area contributed by atoms with Crippen LogP contribution in [0.4, 0.5) is 11.4 Å². The van der Waals surface area contributed by atoms with Gasteiger partial charge in [-0.05, 0) is 38.8 Å². The molecule has 1 aliphatic heterocycles. The second kappa shape index (κ2) is 5.22. The number of hydrogen-bond acceptors (Lipinski definition) is 4. The van der Waals surface area contributed by atoms with Gasteiger partial charge in [0.05, 0.1) is 5.69 Å². The predicted octanol–water partition coefficient (Wildman–Crippen LogP) is 2.29. The molecular formula is C16H25N3O2. The van der Waals surface area contributed by atoms with Crippen molar-refractivity contribution in [2.24, 2.45) is 5.73 Å². The van der Waals surface area contributed by atoms with E-state index in [1.165, 1.54) is 0 Å². The molecule has 1 aromatic rings. The normalized spacial score (nSPS) is 17.4. The Morgan fingerprint density at radius 1 is 1.29 bits per heavy atom. The van der Waals surface area contributed by atoms with Gasteiger partial charge in [0, 0.05) is 12.1 Å². The summed E-state index contributed by atoms with van der Waals surface area (Å²) in [6.45, 7) is 8.12. The number of nitrogens with zero attached hydrogens (tertiary/aromatic N) is 1. The molecule has 21 heavy (non-hydrogen) atoms. The van der Waals surface area contributed by atoms with Gasteiger partial charge < -0.3 is 21.1 Å². The Kier molecular flexibility index (Phi) is 3.89. The van der Waals surface area contributed by atoms with Crippen LogP contribution in [0.25, 0.3) is 0 Å². The summed E-state index contributed by atoms with van der Waals surface area (Å²) in [4.78, 5) is 14.7. The Balaban J connectivity index is 2.58. The first-order chi connectivity index (χ1) is 9.74. The number of nitrogens with two attached hydrogens (primary N) is 2. The maximum atomic E-state index is 13.0. The highest BCUT2D eigenvalue weighted by molar-refractivity contribution is 6.05. The van der Waals surface area contributed by atoms with E-state index in [9.17, 15) is 4.79 Å². The van der Waals surface area contributed by atoms with Gasteiger partial charge in [0.1, 0.15) is 11.4 Å². The van der Waals surface area contributed by atoms with Gasteiger partial charge in [-0.2, -0.15) is 0 Å². The van der Waals surface area contributed by atoms with E-state index in [-0.39, 0.29) is 5.91 Å². The summed E-state index contributed by atoms with van der Waals surface area (Å²) in [5.74, 6) is 0.596. The molecule has 0 radical (unpaired) electrons. The minimum absolute atomic E-state index is 0.0589. The zero-order valence-corrected chi connectivity index (χ0v) is 13.3. The lowest BCUT2D eigenvalue weighted by molar-refractivity contribution is -0.136. The van der Waals surface area contributed by atoms with Crippen LogP contribution in [0.2, 0.25) is 0 Å². The molecule has 5 nitrogen and oxygen atoms in total. The first kappa shape index (κ1) is 15.6. The van der Waals surface area contributed by atoms with Crippen molar-refractivity contribution < 1.29 is 9.53 Å². The van der Waals surface area contributed by atoms with Gasteiger partial charge >= 0.3 is 0 Å². The van der Waals surface area contributed by atoms with Crippen molar-refractivity contribution in [3.05, 3.63) is 18.2 Å². The van der Waals surface area contributed by atoms with E-state index < -0.39 is 11.1 Å². The molecule has 1 aromatic carbocycles. The van der Waals surface area contributed by atoms with Gasteiger partial charge in [-0.3, -0.25) is 4.79 Å². The van der Waals surface area contributed by atoms with Crippen LogP contribution in [0.5, 0.6) is 5.75 Å². The molecule has 5 heteroatoms. The van der Waals surface area contributed by atoms with E-state index in [0.29, 0.717) is 36.5 Å². The van der Waals surface area contributed by atoms with Crippen molar-refractivity contribution in [3.63, 3.8) is 0 Å². The van der Waals surface area contributed by atoms with Crippen LogP contribution in [-0.2, 0) is 4.79 Å². The number of hydrogen-bond donors (Lipinski definition) is 2. The zero-order chi connectivity index (χ0) is 15.8. The first-order valence-electron chi connectivity index (χ1n) is 7.42. The van der Waals surface area contributed by atoms with E-state index in [2.05, 4.69) is 0 Å². The van der Waals surface area contributed by atoms with Crippen molar-refractivity contribution in [2.75, 3.05) is 17.2 Å². The first-order valence-corrected chi connectivity index (χ1v) is 7.42. The number of anilines is 2. The molecule has 1 amide bonds. The fraction of sp³-hybridized carbons (Fsp3) is 0.562. The van der Waals surface area contributed by atoms with E-state index in [1.54, 1.807) is 11.0 Å². The number of ether oxygens (including phenoxy) is 1. The summed E-state index contributed by atoms with van der Waals surface area (Å²) in [5, 5.41) is 0. The number of carbonyl (C=O) groups excluding carboxylic acids is 1. The molecule has 1 heterocycles. The van der Waals surface area contributed by atoms with Crippen LogP contribution in [0, 0.1) is 0 Å². The molecule has 0 saturated heterocycles. The lowest BCUT2D eigenvalue weighted by Gasteiger charge is -2.44. The third-order valence-electron chi connectivity index (χ3n) is 3.95. The van der Waals surface area contributed by atoms with Crippen molar-refractivity contribution in [3.8, 4) is 5.75 Å². The van der Waals surface area contributed by atoms with E-state index >= 15 is 0 Å². The van der Waals surface area contributed by atoms with Crippen LogP contribution >= 0.6 is 0 Å². The zero-order valence-electron chi connectivity index (χ0n) is 13.3. The molecule has 0 aliphatic carbocycles. The highest BCUT2D eigenvalue weighted by atomic mass is 16.5. The topological polar surface area (TPSA) is 81.6 Å². The molecule has 0 atom stereocenters. The van der Waals surface area contributed by atoms with Crippen molar-refractivity contribution in [1.82, 2.24) is 0 Å². The number of benzene rings is 1. The second-order valence-electron chi connectivity index (χ2n) is 6.38. The van der Waals surface area contributed by atoms with E-state index in [1.807, 2.05) is 39.8 Å². The average molecular weight is 291 g/mol. The molecule has 116 valence electrons. The summed E-state index contributed by atoms with van der Waals surface area (Å²) < 4.78 is 6.04. The molecule has 1 aliphatic rings. The molecule has 0 bridgehead atoms. The van der Waals surface area contributed by atoms with Gasteiger partial charge in [0.25, 0.3) is 5.91 Å². The highest BCUT2D eigenvalue weighted by Crippen LogP contribution is 2.44. The van der Waals surface area contributed by atoms with Gasteiger partial charge in [0.2, 0.25) is 0 Å². The van der Waals surface area contributed by atoms with Crippen molar-refractivity contribution in [2.45, 2.75) is 51.7 Å². The number of nitrogen functional groups attached to an aromatic ring is 1. The van der Waals surface area contributed by atoms with Crippen LogP contribution in [-0.4, -0.2) is 23.6 Å². The third kappa shape index (κ3) is 2.70. The van der Waals surface area contributed by atoms with Crippen molar-refractivity contribution in [1.29, 1.82) is 0 Å². The molecule has 0 spiro atoms. The lowest BCUT2D eigenvalue weighted by Crippen LogP contribution is -2.59. The summed E-state index contributed by atoms with van der Waals surface area (Å²) >= 11 is 0. The summed E-state index contributed by atoms with van der Waals surface area (Å²) in [7, 11) is 0. The number of carbonyl (C=O) groups is 1. The van der Waals surface area contributed by atoms with Crippen LogP contribution in [0.15, 0.2) is 18.2 Å². The van der Waals surface area contributed by atoms with E-state index in [0.717, 1.165) is 0 Å². The number of fused-ring (bicyclic) bond motifs is 1. The van der Waals surface area contributed by atoms with Crippen molar-refractivity contribution >= 4 is 17.3 Å². The number of para-hydroxylation sites is 1. The van der Waals surface area contributed by atoms with Gasteiger partial charge in [-0.15, -0.1) is 0 Å². The smallest absolute Gasteiger partial charge is 0.271 e. The molecule has 0 aromatic heterocycles. The SMILES string of the molecule is CCC1(CC)Oc2cccc(N)c2N(CC(C)(C)N)C1=O. The second-order valence-corrected chi connectivity index (χ2v) is 6.38. The minimum atomic E-state index is -0.827. The summed E-state index contributed by atoms with van der Waals surface area (Å²) in [6.07, 6.45) is 1.22. The largest absolute Gasteiger partial charge is 0.475 e. The number of rotatable bonds is 4. The van der Waals surface area contributed by atoms with E-state index in [4.69, 9.17) is 16.2 Å². The van der Waals surface area contributed by atoms with Gasteiger partial charge in [-0.1, -0.05) is 19.9 Å². The molecule has 0 saturated carbocycles. The van der Waals surface area contributed by atoms with Gasteiger partial charge in [-0.25, -0.2) is 0 Å². The van der Waals surface area contributed by atoms with Crippen LogP contribution in [0.3, 0.4) is 0 Å². The highest BCUT2D eigenvalue weighted by Gasteiger charge is 2.47. The molecule has 0 unspecified atom stereocenters. The third-order valence-corrected chi connectivity index (χ3v) is 3.95. The quantitative estimate of drug-likeness (QED) is 0.834. The Morgan fingerprint density at radius 3 is 2.43 bits per heavy atom. The molecular weight excluding hydrogens is 266 g/mol. The fourth-order valence-electron chi connectivity index (χ4n) is 2.77. The Morgan fingerprint density at radius 2 is 1.90 bits per heavy atom. The number of amides is 1. The molecule has 0 fully saturated rings. The van der Waals surface area contributed by atoms with Gasteiger partial charge in [0.15, 0.2) is 5.60 Å². The van der Waals surface area contributed by atoms with Crippen LogP contribution in [0.1, 0.15) is 40.5 Å². The monoisotopic (exact) mass is 291 g/mol. The standard InChI is InChI=1S/C16H25N3O2/c1-5-16(6-2)14(20)19(10-15(3,4)18)13-11(17)8-7-9-12(13)21-16/h7-9H,5-6,10,17-18H2,1-4H3. The minimum Gasteiger partial charge on any atom is -0.475 e. The maximum absolute atomic E-state index is 13.0. The van der Waals surface area contributed by atoms with Crippen LogP contribution < -0.4 is 21.1 Å². The summed E-state index contributed by atoms with van der Waals surface area (Å²) in [5.41, 5.74) is 12.0. The average Bonchev–Trinajstić information content (AvgIpc) is 2.40. The maximum Gasteiger partial charge on any atom is 0.271 e. The summed E-state index contributed by atoms with van der Waals surface area (Å²) in [6, 6.07) is 5.47. The lowest BCUT2D eigenvalue weighted by atomic mass is 9.91. The molecule has 4 N–H and O–H groups in total. The Bertz CT molecular complexity index is 545. The Labute approximate surface area is 126 Å². The molecule has 2 rings (SSSR count). The predicted molar refractivity (Wildman–Crippen MR) is 85.4 cm³/mol. The Hall–Kier alpha value is -1.75.